The molecule has 0 aliphatic carbocycles. The summed E-state index contributed by atoms with van der Waals surface area (Å²) in [5.41, 5.74) is 1.10. The number of hydrogen-bond acceptors (Lipinski definition) is 4. The Balaban J connectivity index is 2.03. The first-order valence-electron chi connectivity index (χ1n) is 6.85. The number of benzene rings is 1. The second kappa shape index (κ2) is 7.47. The Morgan fingerprint density at radius 2 is 1.95 bits per heavy atom. The maximum Gasteiger partial charge on any atom is 0.287 e. The van der Waals surface area contributed by atoms with Crippen molar-refractivity contribution in [1.82, 2.24) is 10.2 Å². The van der Waals surface area contributed by atoms with Gasteiger partial charge in [-0.15, -0.1) is 0 Å². The number of ether oxygens (including phenoxy) is 1. The quantitative estimate of drug-likeness (QED) is 0.853. The van der Waals surface area contributed by atoms with Crippen LogP contribution in [0.5, 0.6) is 5.75 Å². The van der Waals surface area contributed by atoms with Crippen molar-refractivity contribution in [2.75, 3.05) is 27.7 Å². The third-order valence-electron chi connectivity index (χ3n) is 3.38. The summed E-state index contributed by atoms with van der Waals surface area (Å²) in [4.78, 5) is 14.1. The highest BCUT2D eigenvalue weighted by atomic mass is 79.9. The van der Waals surface area contributed by atoms with Crippen molar-refractivity contribution >= 4 is 21.8 Å². The Morgan fingerprint density at radius 3 is 2.45 bits per heavy atom. The van der Waals surface area contributed by atoms with E-state index in [1.807, 2.05) is 38.4 Å². The van der Waals surface area contributed by atoms with E-state index in [0.29, 0.717) is 17.0 Å². The molecule has 0 bridgehead atoms. The normalized spacial score (nSPS) is 12.2. The topological polar surface area (TPSA) is 54.7 Å². The van der Waals surface area contributed by atoms with E-state index >= 15 is 0 Å². The first-order chi connectivity index (χ1) is 10.5. The van der Waals surface area contributed by atoms with Crippen molar-refractivity contribution in [1.29, 1.82) is 0 Å². The minimum Gasteiger partial charge on any atom is -0.497 e. The smallest absolute Gasteiger partial charge is 0.287 e. The van der Waals surface area contributed by atoms with Crippen molar-refractivity contribution in [3.05, 3.63) is 52.4 Å². The number of carbonyl (C=O) groups is 1. The number of nitrogens with one attached hydrogen (secondary N) is 1. The van der Waals surface area contributed by atoms with Gasteiger partial charge in [-0.2, -0.15) is 0 Å². The monoisotopic (exact) mass is 366 g/mol. The standard InChI is InChI=1S/C16H19BrN2O3/c1-19(2)13(11-4-6-12(21-3)7-5-11)10-18-16(20)14-8-9-15(17)22-14/h4-9,13H,10H2,1-3H3,(H,18,20). The predicted octanol–water partition coefficient (Wildman–Crippen LogP) is 3.08. The van der Waals surface area contributed by atoms with E-state index in [9.17, 15) is 4.79 Å². The van der Waals surface area contributed by atoms with E-state index in [1.165, 1.54) is 0 Å². The van der Waals surface area contributed by atoms with E-state index in [0.717, 1.165) is 11.3 Å². The van der Waals surface area contributed by atoms with Crippen LogP contribution in [0, 0.1) is 0 Å². The zero-order valence-electron chi connectivity index (χ0n) is 12.8. The first kappa shape index (κ1) is 16.6. The fourth-order valence-corrected chi connectivity index (χ4v) is 2.44. The summed E-state index contributed by atoms with van der Waals surface area (Å²) in [6, 6.07) is 11.2. The molecular weight excluding hydrogens is 348 g/mol. The Morgan fingerprint density at radius 1 is 1.27 bits per heavy atom. The molecule has 118 valence electrons. The Hall–Kier alpha value is -1.79. The summed E-state index contributed by atoms with van der Waals surface area (Å²) >= 11 is 3.19. The maximum absolute atomic E-state index is 12.1. The lowest BCUT2D eigenvalue weighted by molar-refractivity contribution is 0.0913. The average molecular weight is 367 g/mol. The number of amides is 1. The number of furan rings is 1. The van der Waals surface area contributed by atoms with E-state index in [2.05, 4.69) is 26.1 Å². The number of likely N-dealkylation sites (N-methyl/N-ethyl adjacent to an activating group) is 1. The number of nitrogens with zero attached hydrogens (tertiary/aromatic N) is 1. The maximum atomic E-state index is 12.1. The molecule has 6 heteroatoms. The van der Waals surface area contributed by atoms with Crippen LogP contribution in [-0.2, 0) is 0 Å². The van der Waals surface area contributed by atoms with Crippen molar-refractivity contribution in [2.24, 2.45) is 0 Å². The van der Waals surface area contributed by atoms with Crippen LogP contribution in [0.3, 0.4) is 0 Å². The fraction of sp³-hybridized carbons (Fsp3) is 0.312. The number of hydrogen-bond donors (Lipinski definition) is 1. The van der Waals surface area contributed by atoms with Crippen LogP contribution in [-0.4, -0.2) is 38.6 Å². The minimum absolute atomic E-state index is 0.0632. The summed E-state index contributed by atoms with van der Waals surface area (Å²) in [7, 11) is 5.59. The van der Waals surface area contributed by atoms with Gasteiger partial charge in [-0.1, -0.05) is 12.1 Å². The molecule has 0 aliphatic heterocycles. The van der Waals surface area contributed by atoms with Crippen molar-refractivity contribution in [3.8, 4) is 5.75 Å². The van der Waals surface area contributed by atoms with Gasteiger partial charge < -0.3 is 19.4 Å². The highest BCUT2D eigenvalue weighted by Gasteiger charge is 2.17. The number of methoxy groups -OCH3 is 1. The first-order valence-corrected chi connectivity index (χ1v) is 7.64. The lowest BCUT2D eigenvalue weighted by Crippen LogP contribution is -2.34. The molecule has 1 amide bonds. The highest BCUT2D eigenvalue weighted by molar-refractivity contribution is 9.10. The van der Waals surface area contributed by atoms with Gasteiger partial charge in [0, 0.05) is 6.54 Å². The predicted molar refractivity (Wildman–Crippen MR) is 88.2 cm³/mol. The molecule has 1 aromatic carbocycles. The molecule has 1 atom stereocenters. The number of carbonyl (C=O) groups excluding carboxylic acids is 1. The molecule has 1 aromatic heterocycles. The molecule has 22 heavy (non-hydrogen) atoms. The molecule has 1 unspecified atom stereocenters. The molecule has 0 saturated heterocycles. The lowest BCUT2D eigenvalue weighted by Gasteiger charge is -2.25. The molecular formula is C16H19BrN2O3. The molecule has 0 aliphatic rings. The molecule has 1 heterocycles. The number of halogens is 1. The van der Waals surface area contributed by atoms with E-state index in [1.54, 1.807) is 19.2 Å². The third kappa shape index (κ3) is 4.11. The van der Waals surface area contributed by atoms with Crippen LogP contribution in [0.15, 0.2) is 45.5 Å². The minimum atomic E-state index is -0.230. The van der Waals surface area contributed by atoms with Crippen molar-refractivity contribution < 1.29 is 13.9 Å². The molecule has 0 saturated carbocycles. The summed E-state index contributed by atoms with van der Waals surface area (Å²) in [5, 5.41) is 2.89. The van der Waals surface area contributed by atoms with Gasteiger partial charge in [-0.25, -0.2) is 0 Å². The second-order valence-electron chi connectivity index (χ2n) is 5.07. The zero-order valence-corrected chi connectivity index (χ0v) is 14.4. The van der Waals surface area contributed by atoms with Gasteiger partial charge in [0.1, 0.15) is 5.75 Å². The van der Waals surface area contributed by atoms with E-state index in [-0.39, 0.29) is 11.9 Å². The molecule has 5 nitrogen and oxygen atoms in total. The van der Waals surface area contributed by atoms with Crippen LogP contribution < -0.4 is 10.1 Å². The van der Waals surface area contributed by atoms with Crippen molar-refractivity contribution in [3.63, 3.8) is 0 Å². The zero-order chi connectivity index (χ0) is 16.1. The van der Waals surface area contributed by atoms with Gasteiger partial charge in [0.05, 0.1) is 13.2 Å². The SMILES string of the molecule is COc1ccc(C(CNC(=O)c2ccc(Br)o2)N(C)C)cc1. The van der Waals surface area contributed by atoms with E-state index < -0.39 is 0 Å². The van der Waals surface area contributed by atoms with Crippen LogP contribution in [0.4, 0.5) is 0 Å². The largest absolute Gasteiger partial charge is 0.497 e. The highest BCUT2D eigenvalue weighted by Crippen LogP contribution is 2.21. The Kier molecular flexibility index (Phi) is 5.63. The molecule has 2 aromatic rings. The molecule has 0 radical (unpaired) electrons. The molecule has 1 N–H and O–H groups in total. The van der Waals surface area contributed by atoms with Crippen LogP contribution >= 0.6 is 15.9 Å². The molecule has 0 fully saturated rings. The van der Waals surface area contributed by atoms with Gasteiger partial charge in [-0.05, 0) is 59.9 Å². The van der Waals surface area contributed by atoms with Gasteiger partial charge in [0.15, 0.2) is 10.4 Å². The second-order valence-corrected chi connectivity index (χ2v) is 5.85. The van der Waals surface area contributed by atoms with Crippen LogP contribution in [0.25, 0.3) is 0 Å². The van der Waals surface area contributed by atoms with Crippen LogP contribution in [0.1, 0.15) is 22.2 Å². The fourth-order valence-electron chi connectivity index (χ4n) is 2.14. The van der Waals surface area contributed by atoms with Gasteiger partial charge >= 0.3 is 0 Å². The van der Waals surface area contributed by atoms with Gasteiger partial charge in [0.2, 0.25) is 0 Å². The van der Waals surface area contributed by atoms with Crippen molar-refractivity contribution in [2.45, 2.75) is 6.04 Å². The lowest BCUT2D eigenvalue weighted by atomic mass is 10.1. The number of rotatable bonds is 6. The van der Waals surface area contributed by atoms with Crippen LogP contribution in [0.2, 0.25) is 0 Å². The van der Waals surface area contributed by atoms with E-state index in [4.69, 9.17) is 9.15 Å². The van der Waals surface area contributed by atoms with Gasteiger partial charge in [0.25, 0.3) is 5.91 Å². The van der Waals surface area contributed by atoms with Gasteiger partial charge in [-0.3, -0.25) is 4.79 Å². The third-order valence-corrected chi connectivity index (χ3v) is 3.80. The summed E-state index contributed by atoms with van der Waals surface area (Å²) < 4.78 is 11.0. The Bertz CT molecular complexity index is 623. The average Bonchev–Trinajstić information content (AvgIpc) is 2.94. The molecule has 0 spiro atoms. The Labute approximate surface area is 138 Å². The molecule has 2 rings (SSSR count). The summed E-state index contributed by atoms with van der Waals surface area (Å²) in [6.45, 7) is 0.483. The summed E-state index contributed by atoms with van der Waals surface area (Å²) in [6.07, 6.45) is 0. The summed E-state index contributed by atoms with van der Waals surface area (Å²) in [5.74, 6) is 0.871.